The third-order valence-corrected chi connectivity index (χ3v) is 6.69. The van der Waals surface area contributed by atoms with Gasteiger partial charge in [-0.15, -0.1) is 0 Å². The maximum absolute atomic E-state index is 13.7. The van der Waals surface area contributed by atoms with E-state index in [1.54, 1.807) is 24.1 Å². The van der Waals surface area contributed by atoms with E-state index in [9.17, 15) is 9.59 Å². The highest BCUT2D eigenvalue weighted by Crippen LogP contribution is 2.25. The van der Waals surface area contributed by atoms with Crippen LogP contribution < -0.4 is 10.1 Å². The summed E-state index contributed by atoms with van der Waals surface area (Å²) < 4.78 is 5.23. The second-order valence-electron chi connectivity index (χ2n) is 8.65. The molecule has 5 nitrogen and oxygen atoms in total. The van der Waals surface area contributed by atoms with Gasteiger partial charge in [0, 0.05) is 19.5 Å². The molecule has 0 radical (unpaired) electrons. The number of amides is 2. The number of ether oxygens (including phenoxy) is 1. The molecule has 0 unspecified atom stereocenters. The summed E-state index contributed by atoms with van der Waals surface area (Å²) in [4.78, 5) is 28.8. The third-order valence-electron chi connectivity index (χ3n) is 5.95. The summed E-state index contributed by atoms with van der Waals surface area (Å²) in [6.45, 7) is 2.86. The largest absolute Gasteiger partial charge is 0.497 e. The summed E-state index contributed by atoms with van der Waals surface area (Å²) >= 11 is 12.4. The molecule has 190 valence electrons. The molecule has 0 aliphatic rings. The van der Waals surface area contributed by atoms with Gasteiger partial charge in [-0.2, -0.15) is 0 Å². The van der Waals surface area contributed by atoms with Gasteiger partial charge in [-0.1, -0.05) is 85.1 Å². The van der Waals surface area contributed by atoms with Crippen molar-refractivity contribution in [3.05, 3.63) is 99.5 Å². The number of hydrogen-bond donors (Lipinski definition) is 1. The molecule has 0 bridgehead atoms. The average Bonchev–Trinajstić information content (AvgIpc) is 2.89. The van der Waals surface area contributed by atoms with Gasteiger partial charge in [0.25, 0.3) is 0 Å². The highest BCUT2D eigenvalue weighted by Gasteiger charge is 2.30. The van der Waals surface area contributed by atoms with Crippen LogP contribution in [0, 0.1) is 0 Å². The topological polar surface area (TPSA) is 58.6 Å². The number of carbonyl (C=O) groups is 2. The molecule has 3 aromatic rings. The first-order chi connectivity index (χ1) is 17.4. The average molecular weight is 527 g/mol. The molecule has 0 saturated carbocycles. The summed E-state index contributed by atoms with van der Waals surface area (Å²) in [5.74, 6) is 0.393. The summed E-state index contributed by atoms with van der Waals surface area (Å²) in [5, 5.41) is 3.87. The van der Waals surface area contributed by atoms with Crippen LogP contribution in [0.15, 0.2) is 72.8 Å². The smallest absolute Gasteiger partial charge is 0.243 e. The molecule has 0 spiro atoms. The van der Waals surface area contributed by atoms with Crippen molar-refractivity contribution < 1.29 is 14.3 Å². The predicted molar refractivity (Wildman–Crippen MR) is 146 cm³/mol. The minimum atomic E-state index is -0.690. The lowest BCUT2D eigenvalue weighted by Crippen LogP contribution is -2.51. The van der Waals surface area contributed by atoms with E-state index >= 15 is 0 Å². The Morgan fingerprint density at radius 2 is 1.61 bits per heavy atom. The molecule has 36 heavy (non-hydrogen) atoms. The molecule has 3 rings (SSSR count). The van der Waals surface area contributed by atoms with Crippen LogP contribution in [-0.2, 0) is 29.0 Å². The molecule has 0 aromatic heterocycles. The Balaban J connectivity index is 1.94. The number of benzene rings is 3. The van der Waals surface area contributed by atoms with Crippen molar-refractivity contribution in [2.45, 2.75) is 45.2 Å². The summed E-state index contributed by atoms with van der Waals surface area (Å²) in [6.07, 6.45) is 2.39. The molecule has 0 fully saturated rings. The van der Waals surface area contributed by atoms with E-state index < -0.39 is 6.04 Å². The van der Waals surface area contributed by atoms with Crippen LogP contribution in [-0.4, -0.2) is 36.4 Å². The Bertz CT molecular complexity index is 1140. The molecule has 3 aromatic carbocycles. The first-order valence-corrected chi connectivity index (χ1v) is 12.8. The van der Waals surface area contributed by atoms with Gasteiger partial charge in [0.05, 0.1) is 23.6 Å². The Hall–Kier alpha value is -3.02. The number of carbonyl (C=O) groups excluding carboxylic acids is 2. The molecule has 0 aliphatic heterocycles. The second kappa shape index (κ2) is 13.9. The zero-order valence-electron chi connectivity index (χ0n) is 20.7. The standard InChI is InChI=1S/C29H32Cl2N2O3/c1-3-4-16-32-29(35)27(18-21-8-6-5-7-9-21)33(20-23-12-15-25(30)26(31)17-23)28(34)19-22-10-13-24(36-2)14-11-22/h5-15,17,27H,3-4,16,18-20H2,1-2H3,(H,32,35)/t27-/m0/s1. The number of nitrogens with zero attached hydrogens (tertiary/aromatic N) is 1. The van der Waals surface area contributed by atoms with Gasteiger partial charge in [-0.3, -0.25) is 9.59 Å². The second-order valence-corrected chi connectivity index (χ2v) is 9.46. The quantitative estimate of drug-likeness (QED) is 0.290. The Morgan fingerprint density at radius 1 is 0.917 bits per heavy atom. The molecular formula is C29H32Cl2N2O3. The molecule has 1 N–H and O–H groups in total. The highest BCUT2D eigenvalue weighted by atomic mass is 35.5. The van der Waals surface area contributed by atoms with E-state index in [1.165, 1.54) is 0 Å². The van der Waals surface area contributed by atoms with Gasteiger partial charge in [0.15, 0.2) is 0 Å². The van der Waals surface area contributed by atoms with Crippen molar-refractivity contribution in [2.24, 2.45) is 0 Å². The first-order valence-electron chi connectivity index (χ1n) is 12.1. The predicted octanol–water partition coefficient (Wildman–Crippen LogP) is 6.10. The number of methoxy groups -OCH3 is 1. The minimum absolute atomic E-state index is 0.152. The molecule has 7 heteroatoms. The van der Waals surface area contributed by atoms with Crippen molar-refractivity contribution in [3.63, 3.8) is 0 Å². The van der Waals surface area contributed by atoms with Crippen molar-refractivity contribution in [1.82, 2.24) is 10.2 Å². The monoisotopic (exact) mass is 526 g/mol. The number of nitrogens with one attached hydrogen (secondary N) is 1. The van der Waals surface area contributed by atoms with E-state index in [4.69, 9.17) is 27.9 Å². The highest BCUT2D eigenvalue weighted by molar-refractivity contribution is 6.42. The van der Waals surface area contributed by atoms with Crippen LogP contribution >= 0.6 is 23.2 Å². The lowest BCUT2D eigenvalue weighted by molar-refractivity contribution is -0.140. The van der Waals surface area contributed by atoms with E-state index in [2.05, 4.69) is 12.2 Å². The van der Waals surface area contributed by atoms with Gasteiger partial charge >= 0.3 is 0 Å². The molecule has 2 amide bonds. The van der Waals surface area contributed by atoms with E-state index in [0.717, 1.165) is 35.3 Å². The first kappa shape index (κ1) is 27.6. The van der Waals surface area contributed by atoms with Crippen LogP contribution in [0.25, 0.3) is 0 Å². The maximum atomic E-state index is 13.7. The van der Waals surface area contributed by atoms with E-state index in [1.807, 2.05) is 60.7 Å². The van der Waals surface area contributed by atoms with Crippen LogP contribution in [0.5, 0.6) is 5.75 Å². The fourth-order valence-electron chi connectivity index (χ4n) is 3.91. The zero-order chi connectivity index (χ0) is 25.9. The van der Waals surface area contributed by atoms with Crippen LogP contribution in [0.2, 0.25) is 10.0 Å². The van der Waals surface area contributed by atoms with Gasteiger partial charge < -0.3 is 15.0 Å². The number of unbranched alkanes of at least 4 members (excludes halogenated alkanes) is 1. The minimum Gasteiger partial charge on any atom is -0.497 e. The fraction of sp³-hybridized carbons (Fsp3) is 0.310. The Labute approximate surface area is 223 Å². The lowest BCUT2D eigenvalue weighted by atomic mass is 10.0. The van der Waals surface area contributed by atoms with E-state index in [-0.39, 0.29) is 24.8 Å². The van der Waals surface area contributed by atoms with Crippen molar-refractivity contribution >= 4 is 35.0 Å². The van der Waals surface area contributed by atoms with Crippen molar-refractivity contribution in [1.29, 1.82) is 0 Å². The van der Waals surface area contributed by atoms with Gasteiger partial charge in [-0.25, -0.2) is 0 Å². The molecule has 0 heterocycles. The number of hydrogen-bond acceptors (Lipinski definition) is 3. The molecule has 1 atom stereocenters. The van der Waals surface area contributed by atoms with Crippen molar-refractivity contribution in [2.75, 3.05) is 13.7 Å². The molecule has 0 aliphatic carbocycles. The summed E-state index contributed by atoms with van der Waals surface area (Å²) in [6, 6.07) is 21.7. The van der Waals surface area contributed by atoms with Crippen molar-refractivity contribution in [3.8, 4) is 5.75 Å². The lowest BCUT2D eigenvalue weighted by Gasteiger charge is -2.32. The van der Waals surface area contributed by atoms with Crippen LogP contribution in [0.3, 0.4) is 0 Å². The van der Waals surface area contributed by atoms with Gasteiger partial charge in [-0.05, 0) is 47.4 Å². The number of halogens is 2. The summed E-state index contributed by atoms with van der Waals surface area (Å²) in [7, 11) is 1.60. The van der Waals surface area contributed by atoms with E-state index in [0.29, 0.717) is 23.0 Å². The third kappa shape index (κ3) is 8.00. The maximum Gasteiger partial charge on any atom is 0.243 e. The molecule has 0 saturated heterocycles. The molecular weight excluding hydrogens is 495 g/mol. The van der Waals surface area contributed by atoms with Crippen LogP contribution in [0.1, 0.15) is 36.5 Å². The number of rotatable bonds is 12. The van der Waals surface area contributed by atoms with Gasteiger partial charge in [0.1, 0.15) is 11.8 Å². The normalized spacial score (nSPS) is 11.6. The zero-order valence-corrected chi connectivity index (χ0v) is 22.2. The van der Waals surface area contributed by atoms with Crippen LogP contribution in [0.4, 0.5) is 0 Å². The SMILES string of the molecule is CCCCNC(=O)[C@H](Cc1ccccc1)N(Cc1ccc(Cl)c(Cl)c1)C(=O)Cc1ccc(OC)cc1. The Kier molecular flexibility index (Phi) is 10.6. The Morgan fingerprint density at radius 3 is 2.25 bits per heavy atom. The van der Waals surface area contributed by atoms with Gasteiger partial charge in [0.2, 0.25) is 11.8 Å². The fourth-order valence-corrected chi connectivity index (χ4v) is 4.24. The summed E-state index contributed by atoms with van der Waals surface area (Å²) in [5.41, 5.74) is 2.61.